The Kier molecular flexibility index (Phi) is 3.98. The zero-order valence-electron chi connectivity index (χ0n) is 9.58. The lowest BCUT2D eigenvalue weighted by Gasteiger charge is -2.17. The van der Waals surface area contributed by atoms with E-state index in [2.05, 4.69) is 10.3 Å². The molecule has 0 saturated heterocycles. The van der Waals surface area contributed by atoms with Crippen molar-refractivity contribution in [3.8, 4) is 0 Å². The average molecular weight is 272 g/mol. The minimum atomic E-state index is -1.45. The van der Waals surface area contributed by atoms with Crippen LogP contribution in [-0.4, -0.2) is 11.5 Å². The maximum absolute atomic E-state index is 13.7. The van der Waals surface area contributed by atoms with E-state index in [1.807, 2.05) is 6.92 Å². The Labute approximate surface area is 106 Å². The van der Waals surface area contributed by atoms with Gasteiger partial charge in [-0.25, -0.2) is 18.2 Å². The van der Waals surface area contributed by atoms with Gasteiger partial charge in [0.15, 0.2) is 17.5 Å². The van der Waals surface area contributed by atoms with Gasteiger partial charge in [0.05, 0.1) is 17.2 Å². The SMILES string of the molecule is CCNC(c1cscn1)c1ccc(F)c(F)c1F. The largest absolute Gasteiger partial charge is 0.305 e. The Hall–Kier alpha value is -1.40. The van der Waals surface area contributed by atoms with Gasteiger partial charge in [0.25, 0.3) is 0 Å². The fourth-order valence-corrected chi connectivity index (χ4v) is 2.29. The second kappa shape index (κ2) is 5.49. The van der Waals surface area contributed by atoms with E-state index >= 15 is 0 Å². The topological polar surface area (TPSA) is 24.9 Å². The molecule has 1 unspecified atom stereocenters. The van der Waals surface area contributed by atoms with Crippen LogP contribution in [0, 0.1) is 17.5 Å². The smallest absolute Gasteiger partial charge is 0.194 e. The zero-order chi connectivity index (χ0) is 13.1. The Bertz CT molecular complexity index is 528. The van der Waals surface area contributed by atoms with Crippen LogP contribution in [0.4, 0.5) is 13.2 Å². The molecule has 6 heteroatoms. The van der Waals surface area contributed by atoms with Gasteiger partial charge in [-0.2, -0.15) is 0 Å². The molecule has 1 N–H and O–H groups in total. The number of benzene rings is 1. The fourth-order valence-electron chi connectivity index (χ4n) is 1.71. The molecule has 1 aromatic carbocycles. The highest BCUT2D eigenvalue weighted by Gasteiger charge is 2.22. The molecule has 0 amide bonds. The molecule has 0 aliphatic rings. The molecule has 1 aromatic heterocycles. The van der Waals surface area contributed by atoms with E-state index in [1.165, 1.54) is 17.4 Å². The summed E-state index contributed by atoms with van der Waals surface area (Å²) in [7, 11) is 0. The van der Waals surface area contributed by atoms with Crippen molar-refractivity contribution in [3.05, 3.63) is 51.7 Å². The summed E-state index contributed by atoms with van der Waals surface area (Å²) < 4.78 is 39.9. The van der Waals surface area contributed by atoms with Crippen LogP contribution in [0.5, 0.6) is 0 Å². The van der Waals surface area contributed by atoms with Crippen molar-refractivity contribution in [3.63, 3.8) is 0 Å². The molecule has 0 aliphatic carbocycles. The van der Waals surface area contributed by atoms with Crippen LogP contribution < -0.4 is 5.32 Å². The van der Waals surface area contributed by atoms with Gasteiger partial charge in [-0.3, -0.25) is 0 Å². The summed E-state index contributed by atoms with van der Waals surface area (Å²) in [6.07, 6.45) is 0. The van der Waals surface area contributed by atoms with Crippen LogP contribution >= 0.6 is 11.3 Å². The number of thiazole rings is 1. The third-order valence-corrected chi connectivity index (χ3v) is 3.14. The molecular weight excluding hydrogens is 261 g/mol. The minimum absolute atomic E-state index is 0.0571. The van der Waals surface area contributed by atoms with Crippen molar-refractivity contribution in [2.24, 2.45) is 0 Å². The van der Waals surface area contributed by atoms with Crippen LogP contribution in [0.2, 0.25) is 0 Å². The molecule has 0 bridgehead atoms. The highest BCUT2D eigenvalue weighted by atomic mass is 32.1. The van der Waals surface area contributed by atoms with E-state index in [9.17, 15) is 13.2 Å². The Morgan fingerprint density at radius 1 is 1.28 bits per heavy atom. The summed E-state index contributed by atoms with van der Waals surface area (Å²) in [4.78, 5) is 4.08. The van der Waals surface area contributed by atoms with Crippen LogP contribution in [0.25, 0.3) is 0 Å². The van der Waals surface area contributed by atoms with Gasteiger partial charge >= 0.3 is 0 Å². The first-order valence-corrected chi connectivity index (χ1v) is 6.34. The van der Waals surface area contributed by atoms with Crippen LogP contribution in [0.15, 0.2) is 23.0 Å². The fraction of sp³-hybridized carbons (Fsp3) is 0.250. The van der Waals surface area contributed by atoms with E-state index in [1.54, 1.807) is 10.9 Å². The van der Waals surface area contributed by atoms with Gasteiger partial charge in [0, 0.05) is 10.9 Å². The van der Waals surface area contributed by atoms with Gasteiger partial charge in [0.1, 0.15) is 0 Å². The van der Waals surface area contributed by atoms with Gasteiger partial charge in [-0.1, -0.05) is 13.0 Å². The highest BCUT2D eigenvalue weighted by Crippen LogP contribution is 2.26. The van der Waals surface area contributed by atoms with Crippen LogP contribution in [0.3, 0.4) is 0 Å². The summed E-state index contributed by atoms with van der Waals surface area (Å²) >= 11 is 1.36. The second-order valence-electron chi connectivity index (χ2n) is 3.67. The molecule has 2 rings (SSSR count). The van der Waals surface area contributed by atoms with Crippen molar-refractivity contribution >= 4 is 11.3 Å². The van der Waals surface area contributed by atoms with Crippen LogP contribution in [-0.2, 0) is 0 Å². The number of nitrogens with one attached hydrogen (secondary N) is 1. The summed E-state index contributed by atoms with van der Waals surface area (Å²) in [5.41, 5.74) is 2.26. The van der Waals surface area contributed by atoms with Crippen molar-refractivity contribution in [1.29, 1.82) is 0 Å². The number of aromatic nitrogens is 1. The van der Waals surface area contributed by atoms with Gasteiger partial charge in [-0.15, -0.1) is 11.3 Å². The standard InChI is InChI=1S/C12H11F3N2S/c1-2-16-12(9-5-18-6-17-9)7-3-4-8(13)11(15)10(7)14/h3-6,12,16H,2H2,1H3. The van der Waals surface area contributed by atoms with Gasteiger partial charge < -0.3 is 5.32 Å². The maximum atomic E-state index is 13.7. The van der Waals surface area contributed by atoms with E-state index in [0.717, 1.165) is 6.07 Å². The summed E-state index contributed by atoms with van der Waals surface area (Å²) in [6, 6.07) is 1.58. The molecule has 0 aliphatic heterocycles. The van der Waals surface area contributed by atoms with E-state index in [0.29, 0.717) is 12.2 Å². The normalized spacial score (nSPS) is 12.7. The molecule has 0 fully saturated rings. The predicted octanol–water partition coefficient (Wildman–Crippen LogP) is 3.26. The van der Waals surface area contributed by atoms with Crippen molar-refractivity contribution in [2.45, 2.75) is 13.0 Å². The van der Waals surface area contributed by atoms with Gasteiger partial charge in [0.2, 0.25) is 0 Å². The molecule has 2 nitrogen and oxygen atoms in total. The quantitative estimate of drug-likeness (QED) is 0.864. The summed E-state index contributed by atoms with van der Waals surface area (Å²) in [6.45, 7) is 2.40. The first-order valence-electron chi connectivity index (χ1n) is 5.40. The third kappa shape index (κ3) is 2.39. The molecule has 0 radical (unpaired) electrons. The Morgan fingerprint density at radius 3 is 2.67 bits per heavy atom. The lowest BCUT2D eigenvalue weighted by Crippen LogP contribution is -2.23. The molecular formula is C12H11F3N2S. The summed E-state index contributed by atoms with van der Waals surface area (Å²) in [5.74, 6) is -3.82. The molecule has 2 aromatic rings. The van der Waals surface area contributed by atoms with E-state index in [-0.39, 0.29) is 5.56 Å². The number of rotatable bonds is 4. The van der Waals surface area contributed by atoms with Crippen molar-refractivity contribution < 1.29 is 13.2 Å². The third-order valence-electron chi connectivity index (χ3n) is 2.53. The predicted molar refractivity (Wildman–Crippen MR) is 63.9 cm³/mol. The minimum Gasteiger partial charge on any atom is -0.305 e. The van der Waals surface area contributed by atoms with Gasteiger partial charge in [-0.05, 0) is 12.6 Å². The number of hydrogen-bond donors (Lipinski definition) is 1. The first-order chi connectivity index (χ1) is 8.65. The van der Waals surface area contributed by atoms with Crippen LogP contribution in [0.1, 0.15) is 24.2 Å². The summed E-state index contributed by atoms with van der Waals surface area (Å²) in [5, 5.41) is 4.75. The first kappa shape index (κ1) is 13.0. The molecule has 96 valence electrons. The van der Waals surface area contributed by atoms with Crippen molar-refractivity contribution in [2.75, 3.05) is 6.54 Å². The Morgan fingerprint density at radius 2 is 2.06 bits per heavy atom. The maximum Gasteiger partial charge on any atom is 0.194 e. The number of hydrogen-bond acceptors (Lipinski definition) is 3. The highest BCUT2D eigenvalue weighted by molar-refractivity contribution is 7.07. The molecule has 1 atom stereocenters. The number of halogens is 3. The monoisotopic (exact) mass is 272 g/mol. The second-order valence-corrected chi connectivity index (χ2v) is 4.39. The van der Waals surface area contributed by atoms with Crippen molar-refractivity contribution in [1.82, 2.24) is 10.3 Å². The molecule has 1 heterocycles. The lowest BCUT2D eigenvalue weighted by molar-refractivity contribution is 0.432. The molecule has 0 spiro atoms. The lowest BCUT2D eigenvalue weighted by atomic mass is 10.0. The molecule has 18 heavy (non-hydrogen) atoms. The van der Waals surface area contributed by atoms with E-state index < -0.39 is 23.5 Å². The van der Waals surface area contributed by atoms with E-state index in [4.69, 9.17) is 0 Å². The molecule has 0 saturated carbocycles. The number of nitrogens with zero attached hydrogens (tertiary/aromatic N) is 1. The average Bonchev–Trinajstić information content (AvgIpc) is 2.88. The Balaban J connectivity index is 2.47. The zero-order valence-corrected chi connectivity index (χ0v) is 10.4.